The van der Waals surface area contributed by atoms with Gasteiger partial charge in [-0.25, -0.2) is 9.97 Å². The molecule has 3 rings (SSSR count). The number of hydrogen-bond acceptors (Lipinski definition) is 6. The Balaban J connectivity index is 1.69. The predicted octanol–water partition coefficient (Wildman–Crippen LogP) is 2.02. The van der Waals surface area contributed by atoms with Gasteiger partial charge in [0.1, 0.15) is 5.69 Å². The Bertz CT molecular complexity index is 637. The second kappa shape index (κ2) is 8.97. The zero-order valence-electron chi connectivity index (χ0n) is 16.7. The number of nitrogens with one attached hydrogen (secondary N) is 1. The van der Waals surface area contributed by atoms with Crippen LogP contribution in [0.1, 0.15) is 62.1 Å². The highest BCUT2D eigenvalue weighted by Crippen LogP contribution is 2.34. The Morgan fingerprint density at radius 3 is 2.63 bits per heavy atom. The maximum Gasteiger partial charge on any atom is 0.270 e. The van der Waals surface area contributed by atoms with Crippen molar-refractivity contribution in [1.29, 1.82) is 0 Å². The minimum atomic E-state index is -0.160. The zero-order valence-corrected chi connectivity index (χ0v) is 16.7. The molecule has 1 saturated heterocycles. The lowest BCUT2D eigenvalue weighted by atomic mass is 9.79. The second-order valence-electron chi connectivity index (χ2n) is 8.27. The minimum absolute atomic E-state index is 0.0387. The molecular weight excluding hydrogens is 342 g/mol. The summed E-state index contributed by atoms with van der Waals surface area (Å²) in [5.41, 5.74) is 7.06. The molecule has 27 heavy (non-hydrogen) atoms. The summed E-state index contributed by atoms with van der Waals surface area (Å²) in [5.74, 6) is 0.452. The fourth-order valence-corrected chi connectivity index (χ4v) is 4.34. The number of amides is 1. The van der Waals surface area contributed by atoms with Gasteiger partial charge in [-0.3, -0.25) is 9.69 Å². The molecule has 0 unspecified atom stereocenters. The molecule has 0 bridgehead atoms. The number of nitrogens with two attached hydrogens (primary N) is 1. The van der Waals surface area contributed by atoms with Crippen LogP contribution in [0.5, 0.6) is 0 Å². The number of carbonyl (C=O) groups is 1. The molecule has 0 spiro atoms. The van der Waals surface area contributed by atoms with Crippen LogP contribution in [0.25, 0.3) is 0 Å². The van der Waals surface area contributed by atoms with Crippen molar-refractivity contribution in [3.8, 4) is 0 Å². The molecule has 150 valence electrons. The van der Waals surface area contributed by atoms with Gasteiger partial charge in [0.2, 0.25) is 5.95 Å². The van der Waals surface area contributed by atoms with E-state index in [1.54, 1.807) is 6.07 Å². The number of anilines is 1. The first-order chi connectivity index (χ1) is 13.0. The topological polar surface area (TPSA) is 93.4 Å². The van der Waals surface area contributed by atoms with Crippen LogP contribution >= 0.6 is 0 Å². The Morgan fingerprint density at radius 1 is 1.26 bits per heavy atom. The number of morpholine rings is 1. The van der Waals surface area contributed by atoms with Gasteiger partial charge in [-0.05, 0) is 31.2 Å². The third-order valence-corrected chi connectivity index (χ3v) is 5.69. The average Bonchev–Trinajstić information content (AvgIpc) is 2.66. The largest absolute Gasteiger partial charge is 0.379 e. The number of ether oxygens (including phenoxy) is 1. The summed E-state index contributed by atoms with van der Waals surface area (Å²) in [4.78, 5) is 23.7. The molecule has 1 aliphatic heterocycles. The Labute approximate surface area is 162 Å². The molecule has 3 N–H and O–H groups in total. The molecule has 0 radical (unpaired) electrons. The van der Waals surface area contributed by atoms with Gasteiger partial charge in [-0.15, -0.1) is 0 Å². The fourth-order valence-electron chi connectivity index (χ4n) is 4.34. The standard InChI is InChI=1S/C20H33N5O2/c1-15(2)12-16-13-17(24-19(21)23-16)18(26)22-14-20(6-4-3-5-7-20)25-8-10-27-11-9-25/h13,15H,3-12,14H2,1-2H3,(H,22,26)(H2,21,23,24). The second-order valence-corrected chi connectivity index (χ2v) is 8.27. The van der Waals surface area contributed by atoms with Crippen molar-refractivity contribution in [3.63, 3.8) is 0 Å². The average molecular weight is 376 g/mol. The monoisotopic (exact) mass is 375 g/mol. The maximum atomic E-state index is 12.8. The van der Waals surface area contributed by atoms with Gasteiger partial charge >= 0.3 is 0 Å². The van der Waals surface area contributed by atoms with E-state index in [1.165, 1.54) is 19.3 Å². The molecule has 1 amide bonds. The molecular formula is C20H33N5O2. The van der Waals surface area contributed by atoms with Gasteiger partial charge in [0.15, 0.2) is 0 Å². The molecule has 7 heteroatoms. The van der Waals surface area contributed by atoms with Crippen molar-refractivity contribution in [2.45, 2.75) is 57.9 Å². The lowest BCUT2D eigenvalue weighted by molar-refractivity contribution is -0.0361. The van der Waals surface area contributed by atoms with Crippen molar-refractivity contribution >= 4 is 11.9 Å². The van der Waals surface area contributed by atoms with E-state index in [2.05, 4.69) is 34.0 Å². The van der Waals surface area contributed by atoms with E-state index in [0.29, 0.717) is 18.2 Å². The predicted molar refractivity (Wildman–Crippen MR) is 106 cm³/mol. The first-order valence-corrected chi connectivity index (χ1v) is 10.2. The smallest absolute Gasteiger partial charge is 0.270 e. The lowest BCUT2D eigenvalue weighted by Gasteiger charge is -2.48. The van der Waals surface area contributed by atoms with Crippen LogP contribution in [0.3, 0.4) is 0 Å². The van der Waals surface area contributed by atoms with Crippen LogP contribution in [-0.2, 0) is 11.2 Å². The molecule has 2 fully saturated rings. The first kappa shape index (κ1) is 20.0. The van der Waals surface area contributed by atoms with Crippen LogP contribution < -0.4 is 11.1 Å². The summed E-state index contributed by atoms with van der Waals surface area (Å²) in [6, 6.07) is 1.77. The van der Waals surface area contributed by atoms with E-state index >= 15 is 0 Å². The SMILES string of the molecule is CC(C)Cc1cc(C(=O)NCC2(N3CCOCC3)CCCCC2)nc(N)n1. The molecule has 0 aromatic carbocycles. The number of rotatable bonds is 6. The van der Waals surface area contributed by atoms with Gasteiger partial charge < -0.3 is 15.8 Å². The summed E-state index contributed by atoms with van der Waals surface area (Å²) >= 11 is 0. The maximum absolute atomic E-state index is 12.8. The van der Waals surface area contributed by atoms with E-state index in [4.69, 9.17) is 10.5 Å². The van der Waals surface area contributed by atoms with Crippen LogP contribution in [0.2, 0.25) is 0 Å². The molecule has 1 aromatic heterocycles. The van der Waals surface area contributed by atoms with E-state index < -0.39 is 0 Å². The van der Waals surface area contributed by atoms with E-state index in [0.717, 1.165) is 51.3 Å². The third kappa shape index (κ3) is 5.17. The Morgan fingerprint density at radius 2 is 1.96 bits per heavy atom. The normalized spacial score (nSPS) is 20.6. The summed E-state index contributed by atoms with van der Waals surface area (Å²) in [5, 5.41) is 3.15. The van der Waals surface area contributed by atoms with E-state index in [1.807, 2.05) is 0 Å². The summed E-state index contributed by atoms with van der Waals surface area (Å²) in [6.07, 6.45) is 6.74. The van der Waals surface area contributed by atoms with Gasteiger partial charge in [-0.1, -0.05) is 33.1 Å². The number of aromatic nitrogens is 2. The van der Waals surface area contributed by atoms with Gasteiger partial charge in [-0.2, -0.15) is 0 Å². The summed E-state index contributed by atoms with van der Waals surface area (Å²) in [6.45, 7) is 8.31. The molecule has 2 heterocycles. The van der Waals surface area contributed by atoms with E-state index in [-0.39, 0.29) is 17.4 Å². The van der Waals surface area contributed by atoms with Crippen molar-refractivity contribution in [2.24, 2.45) is 5.92 Å². The van der Waals surface area contributed by atoms with Gasteiger partial charge in [0.05, 0.1) is 13.2 Å². The number of nitrogen functional groups attached to an aromatic ring is 1. The molecule has 7 nitrogen and oxygen atoms in total. The molecule has 1 aliphatic carbocycles. The van der Waals surface area contributed by atoms with Crippen LogP contribution in [0.15, 0.2) is 6.07 Å². The summed E-state index contributed by atoms with van der Waals surface area (Å²) in [7, 11) is 0. The number of hydrogen-bond donors (Lipinski definition) is 2. The van der Waals surface area contributed by atoms with Gasteiger partial charge in [0.25, 0.3) is 5.91 Å². The van der Waals surface area contributed by atoms with Crippen molar-refractivity contribution in [3.05, 3.63) is 17.5 Å². The fraction of sp³-hybridized carbons (Fsp3) is 0.750. The highest BCUT2D eigenvalue weighted by Gasteiger charge is 2.38. The summed E-state index contributed by atoms with van der Waals surface area (Å²) < 4.78 is 5.53. The minimum Gasteiger partial charge on any atom is -0.379 e. The first-order valence-electron chi connectivity index (χ1n) is 10.2. The highest BCUT2D eigenvalue weighted by atomic mass is 16.5. The molecule has 1 saturated carbocycles. The Kier molecular flexibility index (Phi) is 6.65. The van der Waals surface area contributed by atoms with Crippen LogP contribution in [0, 0.1) is 5.92 Å². The quantitative estimate of drug-likeness (QED) is 0.790. The third-order valence-electron chi connectivity index (χ3n) is 5.69. The van der Waals surface area contributed by atoms with Gasteiger partial charge in [0, 0.05) is 30.9 Å². The number of nitrogens with zero attached hydrogens (tertiary/aromatic N) is 3. The van der Waals surface area contributed by atoms with Crippen molar-refractivity contribution in [1.82, 2.24) is 20.2 Å². The Hall–Kier alpha value is -1.73. The zero-order chi connectivity index (χ0) is 19.3. The molecule has 1 aromatic rings. The van der Waals surface area contributed by atoms with Crippen molar-refractivity contribution < 1.29 is 9.53 Å². The van der Waals surface area contributed by atoms with Crippen LogP contribution in [0.4, 0.5) is 5.95 Å². The van der Waals surface area contributed by atoms with Crippen LogP contribution in [-0.4, -0.2) is 59.2 Å². The van der Waals surface area contributed by atoms with Crippen molar-refractivity contribution in [2.75, 3.05) is 38.6 Å². The lowest BCUT2D eigenvalue weighted by Crippen LogP contribution is -2.59. The molecule has 0 atom stereocenters. The number of carbonyl (C=O) groups excluding carboxylic acids is 1. The highest BCUT2D eigenvalue weighted by molar-refractivity contribution is 5.92. The molecule has 2 aliphatic rings. The van der Waals surface area contributed by atoms with E-state index in [9.17, 15) is 4.79 Å².